The minimum atomic E-state index is -3.95. The van der Waals surface area contributed by atoms with Gasteiger partial charge in [0, 0.05) is 30.0 Å². The van der Waals surface area contributed by atoms with Crippen molar-refractivity contribution < 1.29 is 22.7 Å². The molecule has 0 unspecified atom stereocenters. The zero-order valence-corrected chi connectivity index (χ0v) is 23.5. The molecule has 4 rings (SSSR count). The molecule has 0 saturated carbocycles. The average molecular weight is 567 g/mol. The Balaban J connectivity index is 1.34. The molecular formula is C30H31ClN2O5S. The number of halogens is 1. The fraction of sp³-hybridized carbons (Fsp3) is 0.267. The molecule has 1 aliphatic carbocycles. The summed E-state index contributed by atoms with van der Waals surface area (Å²) in [6.07, 6.45) is 1.70. The van der Waals surface area contributed by atoms with Crippen LogP contribution < -0.4 is 14.8 Å². The van der Waals surface area contributed by atoms with Gasteiger partial charge in [-0.25, -0.2) is 13.1 Å². The maximum atomic E-state index is 13.1. The highest BCUT2D eigenvalue weighted by Crippen LogP contribution is 2.36. The molecule has 0 aliphatic heterocycles. The molecule has 2 amide bonds. The molecule has 39 heavy (non-hydrogen) atoms. The van der Waals surface area contributed by atoms with E-state index in [1.165, 1.54) is 12.1 Å². The number of aryl methyl sites for hydroxylation is 2. The Morgan fingerprint density at radius 1 is 0.974 bits per heavy atom. The molecule has 3 aromatic carbocycles. The molecular weight excluding hydrogens is 536 g/mol. The quantitative estimate of drug-likeness (QED) is 0.313. The maximum Gasteiger partial charge on any atom is 0.264 e. The normalized spacial score (nSPS) is 12.7. The molecule has 0 bridgehead atoms. The molecule has 0 saturated heterocycles. The molecule has 2 N–H and O–H groups in total. The molecule has 0 heterocycles. The highest BCUT2D eigenvalue weighted by atomic mass is 35.5. The van der Waals surface area contributed by atoms with Gasteiger partial charge >= 0.3 is 0 Å². The summed E-state index contributed by atoms with van der Waals surface area (Å²) in [6, 6.07) is 19.4. The van der Waals surface area contributed by atoms with E-state index in [1.807, 2.05) is 55.0 Å². The number of amides is 2. The van der Waals surface area contributed by atoms with Crippen molar-refractivity contribution in [2.45, 2.75) is 44.4 Å². The van der Waals surface area contributed by atoms with E-state index < -0.39 is 15.9 Å². The first kappa shape index (κ1) is 28.4. The lowest BCUT2D eigenvalue weighted by Crippen LogP contribution is -2.34. The molecule has 7 nitrogen and oxygen atoms in total. The minimum Gasteiger partial charge on any atom is -0.494 e. The van der Waals surface area contributed by atoms with Crippen LogP contribution in [0, 0.1) is 13.8 Å². The van der Waals surface area contributed by atoms with Crippen LogP contribution in [0.4, 0.5) is 0 Å². The summed E-state index contributed by atoms with van der Waals surface area (Å²) >= 11 is 6.25. The van der Waals surface area contributed by atoms with E-state index in [1.54, 1.807) is 18.2 Å². The SMILES string of the molecule is Cc1cc(OCCCC2=C(C(=O)NCCC(=O)NS(=O)(=O)c3ccccc3)Cc3ccccc32)cc(C)c1Cl. The third kappa shape index (κ3) is 7.07. The number of allylic oxidation sites excluding steroid dienone is 1. The van der Waals surface area contributed by atoms with Crippen LogP contribution in [-0.2, 0) is 26.0 Å². The Hall–Kier alpha value is -3.62. The summed E-state index contributed by atoms with van der Waals surface area (Å²) in [6.45, 7) is 4.38. The number of fused-ring (bicyclic) bond motifs is 1. The molecule has 3 aromatic rings. The van der Waals surface area contributed by atoms with Crippen molar-refractivity contribution in [3.8, 4) is 5.75 Å². The second-order valence-electron chi connectivity index (χ2n) is 9.46. The van der Waals surface area contributed by atoms with Gasteiger partial charge in [-0.15, -0.1) is 0 Å². The fourth-order valence-electron chi connectivity index (χ4n) is 4.62. The van der Waals surface area contributed by atoms with Gasteiger partial charge < -0.3 is 10.1 Å². The smallest absolute Gasteiger partial charge is 0.264 e. The van der Waals surface area contributed by atoms with Crippen LogP contribution in [0.3, 0.4) is 0 Å². The standard InChI is InChI=1S/C30H31ClN2O5S/c1-20-17-23(18-21(2)29(20)31)38-16-8-13-26-25-12-7-6-9-22(25)19-27(26)30(35)32-15-14-28(34)33-39(36,37)24-10-4-3-5-11-24/h3-7,9-12,17-18H,8,13-16,19H2,1-2H3,(H,32,35)(H,33,34). The lowest BCUT2D eigenvalue weighted by Gasteiger charge is -2.12. The Labute approximate surface area is 234 Å². The lowest BCUT2D eigenvalue weighted by atomic mass is 10.0. The Bertz CT molecular complexity index is 1490. The van der Waals surface area contributed by atoms with Gasteiger partial charge in [-0.05, 0) is 78.8 Å². The first-order chi connectivity index (χ1) is 18.7. The van der Waals surface area contributed by atoms with Crippen LogP contribution in [0.25, 0.3) is 5.57 Å². The van der Waals surface area contributed by atoms with Gasteiger partial charge in [0.15, 0.2) is 0 Å². The molecule has 1 aliphatic rings. The van der Waals surface area contributed by atoms with E-state index in [0.29, 0.717) is 31.4 Å². The lowest BCUT2D eigenvalue weighted by molar-refractivity contribution is -0.119. The molecule has 9 heteroatoms. The number of ether oxygens (including phenoxy) is 1. The van der Waals surface area contributed by atoms with Crippen LogP contribution >= 0.6 is 11.6 Å². The molecule has 0 spiro atoms. The van der Waals surface area contributed by atoms with Crippen molar-refractivity contribution in [2.75, 3.05) is 13.2 Å². The number of hydrogen-bond acceptors (Lipinski definition) is 5. The number of sulfonamides is 1. The van der Waals surface area contributed by atoms with E-state index in [4.69, 9.17) is 16.3 Å². The molecule has 0 fully saturated rings. The second-order valence-corrected chi connectivity index (χ2v) is 11.5. The topological polar surface area (TPSA) is 102 Å². The summed E-state index contributed by atoms with van der Waals surface area (Å²) in [5.41, 5.74) is 5.67. The fourth-order valence-corrected chi connectivity index (χ4v) is 5.76. The zero-order chi connectivity index (χ0) is 28.0. The van der Waals surface area contributed by atoms with Crippen molar-refractivity contribution in [3.63, 3.8) is 0 Å². The number of carbonyl (C=O) groups is 2. The third-order valence-corrected chi connectivity index (χ3v) is 8.52. The molecule has 204 valence electrons. The molecule has 0 atom stereocenters. The summed E-state index contributed by atoms with van der Waals surface area (Å²) in [7, 11) is -3.95. The number of nitrogens with one attached hydrogen (secondary N) is 2. The highest BCUT2D eigenvalue weighted by Gasteiger charge is 2.25. The van der Waals surface area contributed by atoms with Crippen molar-refractivity contribution in [1.29, 1.82) is 0 Å². The van der Waals surface area contributed by atoms with Crippen LogP contribution in [-0.4, -0.2) is 33.4 Å². The first-order valence-corrected chi connectivity index (χ1v) is 14.6. The predicted molar refractivity (Wildman–Crippen MR) is 152 cm³/mol. The number of carbonyl (C=O) groups excluding carboxylic acids is 2. The highest BCUT2D eigenvalue weighted by molar-refractivity contribution is 7.90. The monoisotopic (exact) mass is 566 g/mol. The summed E-state index contributed by atoms with van der Waals surface area (Å²) in [4.78, 5) is 25.4. The van der Waals surface area contributed by atoms with Crippen molar-refractivity contribution in [1.82, 2.24) is 10.0 Å². The van der Waals surface area contributed by atoms with Crippen molar-refractivity contribution in [3.05, 3.63) is 99.6 Å². The Morgan fingerprint density at radius 3 is 2.36 bits per heavy atom. The maximum absolute atomic E-state index is 13.1. The van der Waals surface area contributed by atoms with Crippen LogP contribution in [0.15, 0.2) is 77.2 Å². The third-order valence-electron chi connectivity index (χ3n) is 6.54. The summed E-state index contributed by atoms with van der Waals surface area (Å²) < 4.78 is 32.7. The van der Waals surface area contributed by atoms with Gasteiger partial charge in [0.1, 0.15) is 5.75 Å². The van der Waals surface area contributed by atoms with Gasteiger partial charge in [0.25, 0.3) is 10.0 Å². The number of rotatable bonds is 11. The van der Waals surface area contributed by atoms with E-state index in [0.717, 1.165) is 38.6 Å². The summed E-state index contributed by atoms with van der Waals surface area (Å²) in [5, 5.41) is 3.52. The van der Waals surface area contributed by atoms with Gasteiger partial charge in [0.05, 0.1) is 11.5 Å². The van der Waals surface area contributed by atoms with Crippen LogP contribution in [0.5, 0.6) is 5.75 Å². The van der Waals surface area contributed by atoms with Crippen molar-refractivity contribution >= 4 is 39.0 Å². The zero-order valence-electron chi connectivity index (χ0n) is 21.9. The van der Waals surface area contributed by atoms with Crippen LogP contribution in [0.1, 0.15) is 41.5 Å². The number of hydrogen-bond donors (Lipinski definition) is 2. The van der Waals surface area contributed by atoms with Crippen LogP contribution in [0.2, 0.25) is 5.02 Å². The van der Waals surface area contributed by atoms with Gasteiger partial charge in [-0.1, -0.05) is 54.1 Å². The largest absolute Gasteiger partial charge is 0.494 e. The summed E-state index contributed by atoms with van der Waals surface area (Å²) in [5.74, 6) is -0.182. The average Bonchev–Trinajstić information content (AvgIpc) is 3.28. The molecule has 0 aromatic heterocycles. The predicted octanol–water partition coefficient (Wildman–Crippen LogP) is 5.14. The first-order valence-electron chi connectivity index (χ1n) is 12.7. The van der Waals surface area contributed by atoms with Gasteiger partial charge in [0.2, 0.25) is 11.8 Å². The van der Waals surface area contributed by atoms with E-state index in [-0.39, 0.29) is 23.8 Å². The van der Waals surface area contributed by atoms with E-state index in [9.17, 15) is 18.0 Å². The minimum absolute atomic E-state index is 0.00575. The van der Waals surface area contributed by atoms with Crippen molar-refractivity contribution in [2.24, 2.45) is 0 Å². The van der Waals surface area contributed by atoms with E-state index in [2.05, 4.69) is 5.32 Å². The Morgan fingerprint density at radius 2 is 1.64 bits per heavy atom. The second kappa shape index (κ2) is 12.5. The van der Waals surface area contributed by atoms with Gasteiger partial charge in [-0.2, -0.15) is 0 Å². The van der Waals surface area contributed by atoms with E-state index >= 15 is 0 Å². The Kier molecular flexibility index (Phi) is 9.09. The number of benzene rings is 3. The molecule has 0 radical (unpaired) electrons. The van der Waals surface area contributed by atoms with Gasteiger partial charge in [-0.3, -0.25) is 9.59 Å².